The summed E-state index contributed by atoms with van der Waals surface area (Å²) in [5, 5.41) is 4.95. The van der Waals surface area contributed by atoms with Crippen molar-refractivity contribution in [2.24, 2.45) is 0 Å². The zero-order valence-corrected chi connectivity index (χ0v) is 17.3. The SMILES string of the molecule is Clc1nc(-c2ccccc2)nc(-c2cc3c4ccccc4sc3c3ccccc23)n1. The Balaban J connectivity index is 1.70. The lowest BCUT2D eigenvalue weighted by atomic mass is 10.00. The highest BCUT2D eigenvalue weighted by atomic mass is 35.5. The monoisotopic (exact) mass is 423 g/mol. The van der Waals surface area contributed by atoms with Crippen molar-refractivity contribution >= 4 is 53.9 Å². The first-order valence-corrected chi connectivity index (χ1v) is 10.8. The Bertz CT molecular complexity index is 1560. The predicted octanol–water partition coefficient (Wildman–Crippen LogP) is 7.38. The molecule has 0 spiro atoms. The van der Waals surface area contributed by atoms with Gasteiger partial charge in [0.25, 0.3) is 0 Å². The van der Waals surface area contributed by atoms with Gasteiger partial charge in [-0.15, -0.1) is 11.3 Å². The second-order valence-electron chi connectivity index (χ2n) is 7.06. The third-order valence-corrected chi connectivity index (χ3v) is 6.65. The van der Waals surface area contributed by atoms with Crippen LogP contribution in [0.4, 0.5) is 0 Å². The Morgan fingerprint density at radius 1 is 0.600 bits per heavy atom. The van der Waals surface area contributed by atoms with E-state index in [9.17, 15) is 0 Å². The van der Waals surface area contributed by atoms with Crippen LogP contribution >= 0.6 is 22.9 Å². The predicted molar refractivity (Wildman–Crippen MR) is 126 cm³/mol. The molecule has 30 heavy (non-hydrogen) atoms. The van der Waals surface area contributed by atoms with Crippen LogP contribution in [0.15, 0.2) is 84.9 Å². The second-order valence-corrected chi connectivity index (χ2v) is 8.45. The third kappa shape index (κ3) is 2.76. The lowest BCUT2D eigenvalue weighted by Crippen LogP contribution is -1.97. The van der Waals surface area contributed by atoms with Gasteiger partial charge in [-0.25, -0.2) is 4.98 Å². The maximum atomic E-state index is 6.33. The molecule has 0 N–H and O–H groups in total. The van der Waals surface area contributed by atoms with Crippen LogP contribution in [0.3, 0.4) is 0 Å². The highest BCUT2D eigenvalue weighted by molar-refractivity contribution is 7.26. The lowest BCUT2D eigenvalue weighted by Gasteiger charge is -2.09. The fraction of sp³-hybridized carbons (Fsp3) is 0. The lowest BCUT2D eigenvalue weighted by molar-refractivity contribution is 1.07. The Labute approximate surface area is 181 Å². The van der Waals surface area contributed by atoms with E-state index >= 15 is 0 Å². The van der Waals surface area contributed by atoms with Crippen LogP contribution in [0, 0.1) is 0 Å². The zero-order valence-electron chi connectivity index (χ0n) is 15.7. The number of thiophene rings is 1. The van der Waals surface area contributed by atoms with Crippen molar-refractivity contribution in [3.8, 4) is 22.8 Å². The van der Waals surface area contributed by atoms with Gasteiger partial charge in [0.1, 0.15) is 0 Å². The van der Waals surface area contributed by atoms with Crippen molar-refractivity contribution in [1.82, 2.24) is 15.0 Å². The highest BCUT2D eigenvalue weighted by Gasteiger charge is 2.16. The number of benzene rings is 4. The first kappa shape index (κ1) is 17.5. The first-order valence-electron chi connectivity index (χ1n) is 9.58. The summed E-state index contributed by atoms with van der Waals surface area (Å²) in [6, 6.07) is 28.9. The maximum Gasteiger partial charge on any atom is 0.226 e. The minimum Gasteiger partial charge on any atom is -0.208 e. The summed E-state index contributed by atoms with van der Waals surface area (Å²) < 4.78 is 2.55. The van der Waals surface area contributed by atoms with Gasteiger partial charge in [-0.3, -0.25) is 0 Å². The second kappa shape index (κ2) is 6.87. The molecule has 3 nitrogen and oxygen atoms in total. The Hall–Kier alpha value is -3.34. The zero-order chi connectivity index (χ0) is 20.1. The minimum atomic E-state index is 0.193. The highest BCUT2D eigenvalue weighted by Crippen LogP contribution is 2.42. The van der Waals surface area contributed by atoms with Crippen molar-refractivity contribution in [3.63, 3.8) is 0 Å². The molecule has 2 aromatic heterocycles. The van der Waals surface area contributed by atoms with E-state index in [1.165, 1.54) is 25.6 Å². The van der Waals surface area contributed by atoms with Crippen LogP contribution in [-0.2, 0) is 0 Å². The molecule has 0 saturated heterocycles. The van der Waals surface area contributed by atoms with E-state index in [4.69, 9.17) is 16.6 Å². The molecule has 6 aromatic rings. The molecule has 6 rings (SSSR count). The van der Waals surface area contributed by atoms with Gasteiger partial charge in [0.15, 0.2) is 11.6 Å². The molecule has 0 aliphatic rings. The summed E-state index contributed by atoms with van der Waals surface area (Å²) in [7, 11) is 0. The van der Waals surface area contributed by atoms with Crippen molar-refractivity contribution < 1.29 is 0 Å². The molecule has 0 amide bonds. The molecular formula is C25H14ClN3S. The number of rotatable bonds is 2. The van der Waals surface area contributed by atoms with Crippen LogP contribution in [0.25, 0.3) is 53.7 Å². The molecule has 0 fully saturated rings. The number of nitrogens with zero attached hydrogens (tertiary/aromatic N) is 3. The van der Waals surface area contributed by atoms with Crippen LogP contribution in [0.2, 0.25) is 5.28 Å². The van der Waals surface area contributed by atoms with Gasteiger partial charge in [0, 0.05) is 36.7 Å². The molecule has 0 bridgehead atoms. The average molecular weight is 424 g/mol. The molecule has 0 radical (unpaired) electrons. The summed E-state index contributed by atoms with van der Waals surface area (Å²) >= 11 is 8.15. The minimum absolute atomic E-state index is 0.193. The summed E-state index contributed by atoms with van der Waals surface area (Å²) in [6.07, 6.45) is 0. The van der Waals surface area contributed by atoms with E-state index in [1.54, 1.807) is 0 Å². The summed E-state index contributed by atoms with van der Waals surface area (Å²) in [6.45, 7) is 0. The molecule has 2 heterocycles. The first-order chi connectivity index (χ1) is 14.8. The summed E-state index contributed by atoms with van der Waals surface area (Å²) in [4.78, 5) is 13.6. The number of hydrogen-bond donors (Lipinski definition) is 0. The number of hydrogen-bond acceptors (Lipinski definition) is 4. The Morgan fingerprint density at radius 3 is 2.10 bits per heavy atom. The standard InChI is InChI=1S/C25H14ClN3S/c26-25-28-23(15-8-2-1-3-9-15)27-24(29-25)20-14-19-17-11-6-7-13-21(17)30-22(19)18-12-5-4-10-16(18)20/h1-14H. The van der Waals surface area contributed by atoms with Crippen LogP contribution in [0.1, 0.15) is 0 Å². The molecule has 142 valence electrons. The van der Waals surface area contributed by atoms with Gasteiger partial charge in [0.05, 0.1) is 0 Å². The van der Waals surface area contributed by atoms with Gasteiger partial charge in [-0.05, 0) is 29.1 Å². The molecule has 0 saturated carbocycles. The normalized spacial score (nSPS) is 11.5. The molecule has 0 aliphatic heterocycles. The Morgan fingerprint density at radius 2 is 1.27 bits per heavy atom. The fourth-order valence-corrected chi connectivity index (χ4v) is 5.30. The molecule has 0 unspecified atom stereocenters. The number of aromatic nitrogens is 3. The van der Waals surface area contributed by atoms with Crippen molar-refractivity contribution in [2.45, 2.75) is 0 Å². The van der Waals surface area contributed by atoms with E-state index in [0.29, 0.717) is 11.6 Å². The number of fused-ring (bicyclic) bond motifs is 5. The summed E-state index contributed by atoms with van der Waals surface area (Å²) in [5.41, 5.74) is 1.87. The fourth-order valence-electron chi connectivity index (χ4n) is 3.92. The van der Waals surface area contributed by atoms with Gasteiger partial charge < -0.3 is 0 Å². The van der Waals surface area contributed by atoms with Crippen LogP contribution < -0.4 is 0 Å². The van der Waals surface area contributed by atoms with Gasteiger partial charge in [0.2, 0.25) is 5.28 Å². The van der Waals surface area contributed by atoms with Crippen LogP contribution in [-0.4, -0.2) is 15.0 Å². The van der Waals surface area contributed by atoms with E-state index in [-0.39, 0.29) is 5.28 Å². The largest absolute Gasteiger partial charge is 0.226 e. The average Bonchev–Trinajstić information content (AvgIpc) is 3.18. The molecule has 0 atom stereocenters. The molecule has 4 aromatic carbocycles. The van der Waals surface area contributed by atoms with Crippen LogP contribution in [0.5, 0.6) is 0 Å². The molecule has 5 heteroatoms. The van der Waals surface area contributed by atoms with E-state index in [2.05, 4.69) is 58.5 Å². The van der Waals surface area contributed by atoms with Crippen molar-refractivity contribution in [3.05, 3.63) is 90.2 Å². The number of halogens is 1. The van der Waals surface area contributed by atoms with E-state index in [0.717, 1.165) is 16.5 Å². The van der Waals surface area contributed by atoms with Crippen molar-refractivity contribution in [2.75, 3.05) is 0 Å². The molecular weight excluding hydrogens is 410 g/mol. The quantitative estimate of drug-likeness (QED) is 0.291. The van der Waals surface area contributed by atoms with Gasteiger partial charge >= 0.3 is 0 Å². The van der Waals surface area contributed by atoms with E-state index in [1.807, 2.05) is 47.7 Å². The molecule has 0 aliphatic carbocycles. The van der Waals surface area contributed by atoms with Gasteiger partial charge in [-0.1, -0.05) is 72.8 Å². The topological polar surface area (TPSA) is 38.7 Å². The smallest absolute Gasteiger partial charge is 0.208 e. The summed E-state index contributed by atoms with van der Waals surface area (Å²) in [5.74, 6) is 1.16. The van der Waals surface area contributed by atoms with E-state index < -0.39 is 0 Å². The third-order valence-electron chi connectivity index (χ3n) is 5.27. The Kier molecular flexibility index (Phi) is 4.01. The maximum absolute atomic E-state index is 6.33. The van der Waals surface area contributed by atoms with Crippen molar-refractivity contribution in [1.29, 1.82) is 0 Å². The van der Waals surface area contributed by atoms with Gasteiger partial charge in [-0.2, -0.15) is 9.97 Å².